The third kappa shape index (κ3) is 4.37. The van der Waals surface area contributed by atoms with Gasteiger partial charge in [0.2, 0.25) is 0 Å². The molecular formula is C19H19N3O6S. The Morgan fingerprint density at radius 2 is 1.97 bits per heavy atom. The number of carbonyl (C=O) groups is 2. The number of aromatic hydroxyl groups is 1. The molecule has 0 saturated heterocycles. The molecule has 0 unspecified atom stereocenters. The molecule has 1 heterocycles. The summed E-state index contributed by atoms with van der Waals surface area (Å²) in [5, 5.41) is 10.6. The summed E-state index contributed by atoms with van der Waals surface area (Å²) >= 11 is 1.01. The highest BCUT2D eigenvalue weighted by molar-refractivity contribution is 7.00. The summed E-state index contributed by atoms with van der Waals surface area (Å²) in [5.74, 6) is -1.05. The zero-order valence-corrected chi connectivity index (χ0v) is 16.6. The van der Waals surface area contributed by atoms with Crippen LogP contribution in [-0.2, 0) is 14.3 Å². The number of fused-ring (bicyclic) bond motifs is 1. The van der Waals surface area contributed by atoms with Crippen molar-refractivity contribution in [1.29, 1.82) is 0 Å². The molecule has 2 aromatic carbocycles. The van der Waals surface area contributed by atoms with Crippen LogP contribution in [0.25, 0.3) is 11.0 Å². The summed E-state index contributed by atoms with van der Waals surface area (Å²) in [6, 6.07) is 8.18. The Bertz CT molecular complexity index is 1050. The van der Waals surface area contributed by atoms with E-state index in [1.54, 1.807) is 24.3 Å². The van der Waals surface area contributed by atoms with Crippen molar-refractivity contribution in [3.8, 4) is 17.2 Å². The minimum absolute atomic E-state index is 0.0190. The van der Waals surface area contributed by atoms with Gasteiger partial charge >= 0.3 is 5.97 Å². The first kappa shape index (κ1) is 20.3. The second-order valence-electron chi connectivity index (χ2n) is 6.13. The highest BCUT2D eigenvalue weighted by Crippen LogP contribution is 2.41. The van der Waals surface area contributed by atoms with E-state index < -0.39 is 17.8 Å². The maximum absolute atomic E-state index is 12.1. The molecule has 9 nitrogen and oxygen atoms in total. The topological polar surface area (TPSA) is 134 Å². The molecule has 29 heavy (non-hydrogen) atoms. The molecule has 0 radical (unpaired) electrons. The number of phenols is 1. The summed E-state index contributed by atoms with van der Waals surface area (Å²) in [7, 11) is 2.76. The van der Waals surface area contributed by atoms with E-state index in [-0.39, 0.29) is 24.5 Å². The Morgan fingerprint density at radius 1 is 1.17 bits per heavy atom. The van der Waals surface area contributed by atoms with Crippen molar-refractivity contribution in [3.05, 3.63) is 41.5 Å². The van der Waals surface area contributed by atoms with Crippen molar-refractivity contribution in [2.45, 2.75) is 12.3 Å². The predicted octanol–water partition coefficient (Wildman–Crippen LogP) is 1.96. The number of primary amides is 1. The van der Waals surface area contributed by atoms with Gasteiger partial charge in [0.1, 0.15) is 16.8 Å². The molecule has 3 N–H and O–H groups in total. The van der Waals surface area contributed by atoms with E-state index >= 15 is 0 Å². The first-order valence-electron chi connectivity index (χ1n) is 8.54. The number of nitrogens with zero attached hydrogens (tertiary/aromatic N) is 2. The average Bonchev–Trinajstić information content (AvgIpc) is 3.19. The highest BCUT2D eigenvalue weighted by Gasteiger charge is 2.26. The van der Waals surface area contributed by atoms with Crippen LogP contribution in [-0.4, -0.2) is 46.6 Å². The van der Waals surface area contributed by atoms with E-state index in [1.807, 2.05) is 0 Å². The third-order valence-corrected chi connectivity index (χ3v) is 4.89. The van der Waals surface area contributed by atoms with Gasteiger partial charge in [-0.25, -0.2) is 0 Å². The van der Waals surface area contributed by atoms with E-state index in [2.05, 4.69) is 8.75 Å². The maximum Gasteiger partial charge on any atom is 0.306 e. The van der Waals surface area contributed by atoms with Crippen LogP contribution in [0.3, 0.4) is 0 Å². The normalized spacial score (nSPS) is 11.8. The molecule has 0 aliphatic heterocycles. The van der Waals surface area contributed by atoms with Crippen LogP contribution in [0.4, 0.5) is 0 Å². The lowest BCUT2D eigenvalue weighted by molar-refractivity contribution is -0.140. The van der Waals surface area contributed by atoms with Gasteiger partial charge in [-0.05, 0) is 29.8 Å². The Labute approximate surface area is 170 Å². The van der Waals surface area contributed by atoms with Crippen LogP contribution in [0.1, 0.15) is 23.5 Å². The zero-order chi connectivity index (χ0) is 21.0. The van der Waals surface area contributed by atoms with Gasteiger partial charge in [0.05, 0.1) is 32.4 Å². The largest absolute Gasteiger partial charge is 0.508 e. The second kappa shape index (κ2) is 8.74. The molecule has 1 atom stereocenters. The number of rotatable bonds is 8. The molecule has 0 saturated carbocycles. The molecule has 0 aliphatic rings. The first-order chi connectivity index (χ1) is 13.9. The SMILES string of the molecule is COC(=O)C[C@H](c1ccc(OC)c(OCC(N)=O)c1)c1c(O)ccc2nsnc12. The van der Waals surface area contributed by atoms with Gasteiger partial charge in [0.15, 0.2) is 18.1 Å². The third-order valence-electron chi connectivity index (χ3n) is 4.35. The first-order valence-corrected chi connectivity index (χ1v) is 9.27. The van der Waals surface area contributed by atoms with Crippen molar-refractivity contribution >= 4 is 34.6 Å². The second-order valence-corrected chi connectivity index (χ2v) is 6.66. The van der Waals surface area contributed by atoms with E-state index in [1.165, 1.54) is 20.3 Å². The summed E-state index contributed by atoms with van der Waals surface area (Å²) in [4.78, 5) is 23.2. The van der Waals surface area contributed by atoms with Gasteiger partial charge in [-0.15, -0.1) is 0 Å². The minimum atomic E-state index is -0.639. The van der Waals surface area contributed by atoms with Crippen LogP contribution in [0.5, 0.6) is 17.2 Å². The Kier molecular flexibility index (Phi) is 6.13. The monoisotopic (exact) mass is 417 g/mol. The van der Waals surface area contributed by atoms with Crippen LogP contribution in [0, 0.1) is 0 Å². The van der Waals surface area contributed by atoms with Crippen LogP contribution < -0.4 is 15.2 Å². The Morgan fingerprint density at radius 3 is 2.66 bits per heavy atom. The minimum Gasteiger partial charge on any atom is -0.508 e. The number of nitrogens with two attached hydrogens (primary N) is 1. The van der Waals surface area contributed by atoms with Gasteiger partial charge in [-0.1, -0.05) is 6.07 Å². The van der Waals surface area contributed by atoms with Crippen LogP contribution in [0.2, 0.25) is 0 Å². The molecular weight excluding hydrogens is 398 g/mol. The fraction of sp³-hybridized carbons (Fsp3) is 0.263. The summed E-state index contributed by atoms with van der Waals surface area (Å²) < 4.78 is 24.0. The summed E-state index contributed by atoms with van der Waals surface area (Å²) in [5.41, 5.74) is 7.35. The molecule has 3 rings (SSSR count). The Hall–Kier alpha value is -3.40. The number of carbonyl (C=O) groups excluding carboxylic acids is 2. The fourth-order valence-electron chi connectivity index (χ4n) is 3.01. The highest BCUT2D eigenvalue weighted by atomic mass is 32.1. The van der Waals surface area contributed by atoms with Crippen molar-refractivity contribution < 1.29 is 28.9 Å². The lowest BCUT2D eigenvalue weighted by Gasteiger charge is -2.20. The van der Waals surface area contributed by atoms with Crippen molar-refractivity contribution in [3.63, 3.8) is 0 Å². The predicted molar refractivity (Wildman–Crippen MR) is 105 cm³/mol. The number of phenolic OH excluding ortho intramolecular Hbond substituents is 1. The number of esters is 1. The number of methoxy groups -OCH3 is 2. The van der Waals surface area contributed by atoms with Crippen LogP contribution in [0.15, 0.2) is 30.3 Å². The number of ether oxygens (including phenoxy) is 3. The van der Waals surface area contributed by atoms with Gasteiger partial charge in [-0.3, -0.25) is 9.59 Å². The summed E-state index contributed by atoms with van der Waals surface area (Å²) in [6.45, 7) is -0.335. The van der Waals surface area contributed by atoms with Gasteiger partial charge in [-0.2, -0.15) is 8.75 Å². The van der Waals surface area contributed by atoms with Gasteiger partial charge < -0.3 is 25.1 Å². The molecule has 152 valence electrons. The average molecular weight is 417 g/mol. The van der Waals surface area contributed by atoms with E-state index in [0.717, 1.165) is 11.7 Å². The number of benzene rings is 2. The molecule has 0 fully saturated rings. The molecule has 3 aromatic rings. The smallest absolute Gasteiger partial charge is 0.306 e. The lowest BCUT2D eigenvalue weighted by Crippen LogP contribution is -2.20. The summed E-state index contributed by atoms with van der Waals surface area (Å²) in [6.07, 6.45) is -0.0533. The number of hydrogen-bond acceptors (Lipinski definition) is 9. The zero-order valence-electron chi connectivity index (χ0n) is 15.7. The van der Waals surface area contributed by atoms with Crippen molar-refractivity contribution in [2.24, 2.45) is 5.73 Å². The van der Waals surface area contributed by atoms with Crippen LogP contribution >= 0.6 is 11.7 Å². The van der Waals surface area contributed by atoms with Crippen molar-refractivity contribution in [1.82, 2.24) is 8.75 Å². The standard InChI is InChI=1S/C19H19N3O6S/c1-26-14-6-3-10(7-15(14)28-9-16(20)24)11(8-17(25)27-2)18-13(23)5-4-12-19(18)22-29-21-12/h3-7,11,23H,8-9H2,1-2H3,(H2,20,24)/t11-/m1/s1. The van der Waals surface area contributed by atoms with E-state index in [0.29, 0.717) is 27.9 Å². The van der Waals surface area contributed by atoms with Crippen molar-refractivity contribution in [2.75, 3.05) is 20.8 Å². The van der Waals surface area contributed by atoms with Gasteiger partial charge in [0.25, 0.3) is 5.91 Å². The van der Waals surface area contributed by atoms with Gasteiger partial charge in [0, 0.05) is 11.5 Å². The molecule has 1 amide bonds. The van der Waals surface area contributed by atoms with E-state index in [9.17, 15) is 14.7 Å². The number of amides is 1. The fourth-order valence-corrected chi connectivity index (χ4v) is 3.56. The Balaban J connectivity index is 2.13. The molecule has 0 bridgehead atoms. The molecule has 10 heteroatoms. The van der Waals surface area contributed by atoms with E-state index in [4.69, 9.17) is 19.9 Å². The molecule has 1 aromatic heterocycles. The number of aromatic nitrogens is 2. The molecule has 0 aliphatic carbocycles. The molecule has 0 spiro atoms. The maximum atomic E-state index is 12.1. The number of hydrogen-bond donors (Lipinski definition) is 2. The lowest BCUT2D eigenvalue weighted by atomic mass is 9.86. The quantitative estimate of drug-likeness (QED) is 0.531.